The van der Waals surface area contributed by atoms with Gasteiger partial charge in [0.1, 0.15) is 10.8 Å². The molecule has 0 radical (unpaired) electrons. The van der Waals surface area contributed by atoms with Crippen molar-refractivity contribution in [2.45, 2.75) is 0 Å². The summed E-state index contributed by atoms with van der Waals surface area (Å²) in [5, 5.41) is 2.53. The molecule has 0 amide bonds. The van der Waals surface area contributed by atoms with Crippen molar-refractivity contribution in [2.75, 3.05) is 0 Å². The number of hydrogen-bond acceptors (Lipinski definition) is 5. The van der Waals surface area contributed by atoms with Crippen LogP contribution in [0.5, 0.6) is 0 Å². The third-order valence-electron chi connectivity index (χ3n) is 5.50. The molecule has 0 saturated heterocycles. The molecular weight excluding hydrogens is 396 g/mol. The molecule has 5 nitrogen and oxygen atoms in total. The number of rotatable bonds is 2. The summed E-state index contributed by atoms with van der Waals surface area (Å²) in [6.45, 7) is 0. The number of hydrogen-bond donors (Lipinski definition) is 0. The van der Waals surface area contributed by atoms with Crippen LogP contribution in [-0.4, -0.2) is 21.1 Å². The summed E-state index contributed by atoms with van der Waals surface area (Å²) >= 11 is 1.45. The second-order valence-corrected chi connectivity index (χ2v) is 8.33. The number of carbonyl (C=O) groups excluding carboxylic acids is 2. The Hall–Kier alpha value is -3.77. The van der Waals surface area contributed by atoms with Crippen LogP contribution >= 0.6 is 11.3 Å². The van der Waals surface area contributed by atoms with Crippen LogP contribution in [0.3, 0.4) is 0 Å². The second kappa shape index (κ2) is 6.11. The van der Waals surface area contributed by atoms with Crippen molar-refractivity contribution in [3.63, 3.8) is 0 Å². The maximum absolute atomic E-state index is 13.0. The van der Waals surface area contributed by atoms with Crippen molar-refractivity contribution in [3.8, 4) is 11.5 Å². The molecule has 6 heteroatoms. The van der Waals surface area contributed by atoms with Gasteiger partial charge in [0.05, 0.1) is 22.2 Å². The zero-order valence-corrected chi connectivity index (χ0v) is 16.7. The van der Waals surface area contributed by atoms with E-state index in [9.17, 15) is 9.59 Å². The maximum Gasteiger partial charge on any atom is 0.197 e. The molecule has 30 heavy (non-hydrogen) atoms. The van der Waals surface area contributed by atoms with Crippen molar-refractivity contribution < 1.29 is 14.0 Å². The summed E-state index contributed by atoms with van der Waals surface area (Å²) < 4.78 is 8.41. The van der Waals surface area contributed by atoms with Crippen LogP contribution < -0.4 is 0 Å². The maximum atomic E-state index is 13.0. The first kappa shape index (κ1) is 17.1. The first-order chi connectivity index (χ1) is 14.6. The van der Waals surface area contributed by atoms with Gasteiger partial charge in [0.2, 0.25) is 0 Å². The molecule has 1 aliphatic rings. The molecule has 0 spiro atoms. The molecule has 3 aromatic heterocycles. The Balaban J connectivity index is 1.43. The van der Waals surface area contributed by atoms with Crippen LogP contribution in [0.15, 0.2) is 70.9 Å². The van der Waals surface area contributed by atoms with E-state index in [0.717, 1.165) is 32.6 Å². The molecular formula is C24H14N2O3S. The molecule has 2 aromatic carbocycles. The minimum Gasteiger partial charge on any atom is -0.463 e. The molecule has 5 aromatic rings. The lowest BCUT2D eigenvalue weighted by atomic mass is 10.0. The first-order valence-corrected chi connectivity index (χ1v) is 10.3. The van der Waals surface area contributed by atoms with Crippen LogP contribution in [0.1, 0.15) is 25.7 Å². The lowest BCUT2D eigenvalue weighted by Gasteiger charge is -2.00. The minimum absolute atomic E-state index is 0.172. The topological polar surface area (TPSA) is 65.1 Å². The SMILES string of the molecule is Cn1c(-c2ccco2)cc2sc(C=C3C(=O)c4cc5ccccc5cc4C3=O)nc21. The summed E-state index contributed by atoms with van der Waals surface area (Å²) in [5.74, 6) is 0.291. The predicted octanol–water partition coefficient (Wildman–Crippen LogP) is 5.51. The number of fused-ring (bicyclic) bond motifs is 3. The van der Waals surface area contributed by atoms with Crippen molar-refractivity contribution in [3.05, 3.63) is 82.6 Å². The largest absolute Gasteiger partial charge is 0.463 e. The molecule has 0 unspecified atom stereocenters. The number of aryl methyl sites for hydroxylation is 1. The fraction of sp³-hybridized carbons (Fsp3) is 0.0417. The van der Waals surface area contributed by atoms with Gasteiger partial charge < -0.3 is 8.98 Å². The van der Waals surface area contributed by atoms with Crippen molar-refractivity contribution in [1.29, 1.82) is 0 Å². The summed E-state index contributed by atoms with van der Waals surface area (Å²) in [6, 6.07) is 17.1. The van der Waals surface area contributed by atoms with Gasteiger partial charge in [-0.15, -0.1) is 11.3 Å². The number of allylic oxidation sites excluding steroid dienone is 1. The third-order valence-corrected chi connectivity index (χ3v) is 6.44. The van der Waals surface area contributed by atoms with E-state index >= 15 is 0 Å². The van der Waals surface area contributed by atoms with E-state index in [1.54, 1.807) is 24.5 Å². The molecule has 0 aliphatic heterocycles. The van der Waals surface area contributed by atoms with Crippen LogP contribution in [0.4, 0.5) is 0 Å². The summed E-state index contributed by atoms with van der Waals surface area (Å²) in [6.07, 6.45) is 3.25. The zero-order chi connectivity index (χ0) is 20.4. The second-order valence-electron chi connectivity index (χ2n) is 7.27. The Labute approximate surface area is 174 Å². The molecule has 6 rings (SSSR count). The van der Waals surface area contributed by atoms with Gasteiger partial charge in [0, 0.05) is 18.2 Å². The quantitative estimate of drug-likeness (QED) is 0.284. The Morgan fingerprint density at radius 1 is 0.967 bits per heavy atom. The Bertz CT molecular complexity index is 1480. The van der Waals surface area contributed by atoms with E-state index in [1.165, 1.54) is 11.3 Å². The van der Waals surface area contributed by atoms with Gasteiger partial charge in [0.15, 0.2) is 17.2 Å². The molecule has 3 heterocycles. The monoisotopic (exact) mass is 410 g/mol. The zero-order valence-electron chi connectivity index (χ0n) is 15.9. The Morgan fingerprint density at radius 3 is 2.27 bits per heavy atom. The minimum atomic E-state index is -0.240. The average Bonchev–Trinajstić information content (AvgIpc) is 3.51. The molecule has 0 bridgehead atoms. The van der Waals surface area contributed by atoms with E-state index in [4.69, 9.17) is 4.42 Å². The van der Waals surface area contributed by atoms with E-state index in [1.807, 2.05) is 54.1 Å². The van der Waals surface area contributed by atoms with E-state index in [-0.39, 0.29) is 17.1 Å². The molecule has 0 saturated carbocycles. The highest BCUT2D eigenvalue weighted by atomic mass is 32.1. The van der Waals surface area contributed by atoms with Gasteiger partial charge in [-0.2, -0.15) is 0 Å². The van der Waals surface area contributed by atoms with Crippen molar-refractivity contribution in [2.24, 2.45) is 7.05 Å². The fourth-order valence-corrected chi connectivity index (χ4v) is 4.97. The summed E-state index contributed by atoms with van der Waals surface area (Å²) in [5.41, 5.74) is 2.82. The van der Waals surface area contributed by atoms with E-state index < -0.39 is 0 Å². The van der Waals surface area contributed by atoms with Gasteiger partial charge in [-0.25, -0.2) is 4.98 Å². The number of ketones is 2. The van der Waals surface area contributed by atoms with Crippen LogP contribution in [0.25, 0.3) is 38.6 Å². The lowest BCUT2D eigenvalue weighted by Crippen LogP contribution is -2.00. The Morgan fingerprint density at radius 2 is 1.67 bits per heavy atom. The van der Waals surface area contributed by atoms with Crippen molar-refractivity contribution in [1.82, 2.24) is 9.55 Å². The van der Waals surface area contributed by atoms with Crippen LogP contribution in [-0.2, 0) is 7.05 Å². The number of carbonyl (C=O) groups is 2. The van der Waals surface area contributed by atoms with Crippen LogP contribution in [0.2, 0.25) is 0 Å². The average molecular weight is 410 g/mol. The van der Waals surface area contributed by atoms with E-state index in [2.05, 4.69) is 4.98 Å². The van der Waals surface area contributed by atoms with Gasteiger partial charge in [-0.1, -0.05) is 24.3 Å². The molecule has 0 atom stereocenters. The normalized spacial score (nSPS) is 13.6. The van der Waals surface area contributed by atoms with Gasteiger partial charge >= 0.3 is 0 Å². The number of thiazole rings is 1. The molecule has 0 fully saturated rings. The van der Waals surface area contributed by atoms with Crippen LogP contribution in [0, 0.1) is 0 Å². The van der Waals surface area contributed by atoms with Gasteiger partial charge in [-0.3, -0.25) is 9.59 Å². The number of Topliss-reactive ketones (excluding diaryl/α,β-unsaturated/α-hetero) is 2. The highest BCUT2D eigenvalue weighted by molar-refractivity contribution is 7.19. The smallest absolute Gasteiger partial charge is 0.197 e. The van der Waals surface area contributed by atoms with E-state index in [0.29, 0.717) is 16.1 Å². The van der Waals surface area contributed by atoms with Gasteiger partial charge in [0.25, 0.3) is 0 Å². The fourth-order valence-electron chi connectivity index (χ4n) is 4.00. The number of benzene rings is 2. The molecule has 1 aliphatic carbocycles. The standard InChI is InChI=1S/C24H14N2O3S/c1-26-18(19-7-4-8-29-19)12-20-24(26)25-21(30-20)11-17-22(27)15-9-13-5-2-3-6-14(13)10-16(15)23(17)28/h2-12H,1H3. The molecule has 0 N–H and O–H groups in total. The third kappa shape index (κ3) is 2.37. The first-order valence-electron chi connectivity index (χ1n) is 9.44. The predicted molar refractivity (Wildman–Crippen MR) is 117 cm³/mol. The number of aromatic nitrogens is 2. The highest BCUT2D eigenvalue weighted by Crippen LogP contribution is 2.35. The summed E-state index contributed by atoms with van der Waals surface area (Å²) in [7, 11) is 1.92. The molecule has 144 valence electrons. The summed E-state index contributed by atoms with van der Waals surface area (Å²) in [4.78, 5) is 30.6. The van der Waals surface area contributed by atoms with Gasteiger partial charge in [-0.05, 0) is 47.2 Å². The number of furan rings is 1. The lowest BCUT2D eigenvalue weighted by molar-refractivity contribution is 0.0990. The Kier molecular flexibility index (Phi) is 3.49. The highest BCUT2D eigenvalue weighted by Gasteiger charge is 2.33. The number of nitrogens with zero attached hydrogens (tertiary/aromatic N) is 2. The van der Waals surface area contributed by atoms with Crippen molar-refractivity contribution >= 4 is 50.1 Å².